The SMILES string of the molecule is O=C([O-])c1ccccc1.O=C([O-])c1ccccc1.[Ir+2]. The minimum Gasteiger partial charge on any atom is -0.545 e. The third-order valence-corrected chi connectivity index (χ3v) is 2.02. The van der Waals surface area contributed by atoms with Gasteiger partial charge in [-0.25, -0.2) is 0 Å². The van der Waals surface area contributed by atoms with E-state index in [0.717, 1.165) is 0 Å². The molecule has 4 nitrogen and oxygen atoms in total. The molecule has 5 heteroatoms. The van der Waals surface area contributed by atoms with Gasteiger partial charge >= 0.3 is 20.1 Å². The summed E-state index contributed by atoms with van der Waals surface area (Å²) in [5.41, 5.74) is 0.440. The first-order chi connectivity index (χ1) is 8.61. The van der Waals surface area contributed by atoms with E-state index in [0.29, 0.717) is 0 Å². The number of hydrogen-bond donors (Lipinski definition) is 0. The van der Waals surface area contributed by atoms with Gasteiger partial charge in [-0.3, -0.25) is 0 Å². The third-order valence-electron chi connectivity index (χ3n) is 2.02. The Kier molecular flexibility index (Phi) is 8.09. The van der Waals surface area contributed by atoms with Crippen LogP contribution in [0.3, 0.4) is 0 Å². The van der Waals surface area contributed by atoms with Crippen molar-refractivity contribution in [1.29, 1.82) is 0 Å². The van der Waals surface area contributed by atoms with Crippen LogP contribution in [0.25, 0.3) is 0 Å². The van der Waals surface area contributed by atoms with E-state index in [1.54, 1.807) is 36.4 Å². The van der Waals surface area contributed by atoms with Gasteiger partial charge in [-0.1, -0.05) is 60.7 Å². The van der Waals surface area contributed by atoms with Gasteiger partial charge in [0.25, 0.3) is 0 Å². The van der Waals surface area contributed by atoms with Crippen LogP contribution in [0.1, 0.15) is 20.7 Å². The molecule has 0 heterocycles. The molecule has 0 aromatic heterocycles. The van der Waals surface area contributed by atoms with Gasteiger partial charge in [0.15, 0.2) is 0 Å². The first kappa shape index (κ1) is 17.0. The van der Waals surface area contributed by atoms with Crippen molar-refractivity contribution in [3.8, 4) is 0 Å². The normalized spacial score (nSPS) is 8.42. The van der Waals surface area contributed by atoms with Crippen LogP contribution >= 0.6 is 0 Å². The summed E-state index contributed by atoms with van der Waals surface area (Å²) in [7, 11) is 0. The number of carbonyl (C=O) groups excluding carboxylic acids is 2. The van der Waals surface area contributed by atoms with Crippen molar-refractivity contribution in [3.63, 3.8) is 0 Å². The van der Waals surface area contributed by atoms with Crippen LogP contribution in [-0.2, 0) is 20.1 Å². The van der Waals surface area contributed by atoms with Crippen LogP contribution in [0.15, 0.2) is 60.7 Å². The summed E-state index contributed by atoms with van der Waals surface area (Å²) in [6.45, 7) is 0. The molecule has 0 aliphatic carbocycles. The average Bonchev–Trinajstić information content (AvgIpc) is 2.41. The number of benzene rings is 2. The van der Waals surface area contributed by atoms with Crippen LogP contribution in [0.4, 0.5) is 0 Å². The molecule has 0 saturated heterocycles. The summed E-state index contributed by atoms with van der Waals surface area (Å²) in [6.07, 6.45) is 0. The van der Waals surface area contributed by atoms with Crippen molar-refractivity contribution >= 4 is 11.9 Å². The second kappa shape index (κ2) is 9.03. The Morgan fingerprint density at radius 2 is 0.895 bits per heavy atom. The standard InChI is InChI=1S/2C7H6O2.Ir/c2*8-7(9)6-4-2-1-3-5-6;/h2*1-5H,(H,8,9);/q;;+2/p-2. The van der Waals surface area contributed by atoms with E-state index in [4.69, 9.17) is 0 Å². The Bertz CT molecular complexity index is 462. The number of carboxylic acid groups (broad SMARTS) is 2. The molecule has 2 aromatic carbocycles. The van der Waals surface area contributed by atoms with Crippen LogP contribution in [0.5, 0.6) is 0 Å². The van der Waals surface area contributed by atoms with E-state index >= 15 is 0 Å². The summed E-state index contributed by atoms with van der Waals surface area (Å²) in [5, 5.41) is 20.2. The molecule has 0 atom stereocenters. The Balaban J connectivity index is 0.000000324. The number of aromatic carboxylic acids is 2. The number of carbonyl (C=O) groups is 2. The van der Waals surface area contributed by atoms with Crippen molar-refractivity contribution in [1.82, 2.24) is 0 Å². The van der Waals surface area contributed by atoms with E-state index < -0.39 is 11.9 Å². The van der Waals surface area contributed by atoms with Crippen molar-refractivity contribution in [3.05, 3.63) is 71.8 Å². The number of rotatable bonds is 2. The zero-order valence-corrected chi connectivity index (χ0v) is 12.1. The molecule has 1 radical (unpaired) electrons. The van der Waals surface area contributed by atoms with Gasteiger partial charge < -0.3 is 19.8 Å². The summed E-state index contributed by atoms with van der Waals surface area (Å²) in [5.74, 6) is -2.26. The summed E-state index contributed by atoms with van der Waals surface area (Å²) < 4.78 is 0. The van der Waals surface area contributed by atoms with E-state index in [1.807, 2.05) is 0 Å². The molecule has 0 amide bonds. The second-order valence-electron chi connectivity index (χ2n) is 3.31. The molecular formula is C14H10IrO4. The van der Waals surface area contributed by atoms with Crippen molar-refractivity contribution in [2.75, 3.05) is 0 Å². The van der Waals surface area contributed by atoms with Crippen molar-refractivity contribution in [2.45, 2.75) is 0 Å². The molecule has 0 fully saturated rings. The summed E-state index contributed by atoms with van der Waals surface area (Å²) >= 11 is 0. The number of carboxylic acids is 2. The first-order valence-electron chi connectivity index (χ1n) is 5.14. The predicted molar refractivity (Wildman–Crippen MR) is 61.5 cm³/mol. The van der Waals surface area contributed by atoms with E-state index in [1.165, 1.54) is 24.3 Å². The maximum Gasteiger partial charge on any atom is 2.00 e. The molecule has 0 aliphatic rings. The molecule has 0 spiro atoms. The topological polar surface area (TPSA) is 80.3 Å². The van der Waals surface area contributed by atoms with Crippen LogP contribution in [0, 0.1) is 0 Å². The maximum atomic E-state index is 10.1. The first-order valence-corrected chi connectivity index (χ1v) is 5.14. The summed E-state index contributed by atoms with van der Waals surface area (Å²) in [6, 6.07) is 16.1. The largest absolute Gasteiger partial charge is 2.00 e. The monoisotopic (exact) mass is 435 g/mol. The third kappa shape index (κ3) is 6.50. The average molecular weight is 434 g/mol. The molecule has 0 saturated carbocycles. The minimum atomic E-state index is -1.13. The molecule has 0 bridgehead atoms. The Morgan fingerprint density at radius 1 is 0.632 bits per heavy atom. The minimum absolute atomic E-state index is 0. The second-order valence-corrected chi connectivity index (χ2v) is 3.31. The molecule has 19 heavy (non-hydrogen) atoms. The Labute approximate surface area is 124 Å². The summed E-state index contributed by atoms with van der Waals surface area (Å²) in [4.78, 5) is 20.2. The zero-order chi connectivity index (χ0) is 13.4. The van der Waals surface area contributed by atoms with Gasteiger partial charge in [0, 0.05) is 0 Å². The molecular weight excluding hydrogens is 424 g/mol. The fourth-order valence-corrected chi connectivity index (χ4v) is 1.15. The van der Waals surface area contributed by atoms with Crippen molar-refractivity contribution < 1.29 is 39.9 Å². The quantitative estimate of drug-likeness (QED) is 0.672. The van der Waals surface area contributed by atoms with Gasteiger partial charge in [-0.05, 0) is 11.1 Å². The fraction of sp³-hybridized carbons (Fsp3) is 0. The molecule has 0 unspecified atom stereocenters. The van der Waals surface area contributed by atoms with Gasteiger partial charge in [0.05, 0.1) is 11.9 Å². The van der Waals surface area contributed by atoms with Crippen LogP contribution in [0.2, 0.25) is 0 Å². The Morgan fingerprint density at radius 3 is 1.05 bits per heavy atom. The van der Waals surface area contributed by atoms with Crippen LogP contribution in [-0.4, -0.2) is 11.9 Å². The molecule has 99 valence electrons. The molecule has 2 rings (SSSR count). The van der Waals surface area contributed by atoms with Crippen LogP contribution < -0.4 is 10.2 Å². The van der Waals surface area contributed by atoms with Gasteiger partial charge in [0.2, 0.25) is 0 Å². The smallest absolute Gasteiger partial charge is 0.545 e. The molecule has 2 aromatic rings. The van der Waals surface area contributed by atoms with Gasteiger partial charge in [-0.15, -0.1) is 0 Å². The Hall–Kier alpha value is -1.97. The number of hydrogen-bond acceptors (Lipinski definition) is 4. The van der Waals surface area contributed by atoms with E-state index in [2.05, 4.69) is 0 Å². The van der Waals surface area contributed by atoms with Gasteiger partial charge in [0.1, 0.15) is 0 Å². The molecule has 0 aliphatic heterocycles. The van der Waals surface area contributed by atoms with E-state index in [9.17, 15) is 19.8 Å². The van der Waals surface area contributed by atoms with Crippen molar-refractivity contribution in [2.24, 2.45) is 0 Å². The van der Waals surface area contributed by atoms with Gasteiger partial charge in [-0.2, -0.15) is 0 Å². The predicted octanol–water partition coefficient (Wildman–Crippen LogP) is 0.0977. The zero-order valence-electron chi connectivity index (χ0n) is 9.74. The molecule has 0 N–H and O–H groups in total. The fourth-order valence-electron chi connectivity index (χ4n) is 1.15. The maximum absolute atomic E-state index is 10.1. The van der Waals surface area contributed by atoms with E-state index in [-0.39, 0.29) is 31.2 Å².